The molecule has 2 nitrogen and oxygen atoms in total. The number of benzene rings is 1. The van der Waals surface area contributed by atoms with Crippen molar-refractivity contribution in [3.63, 3.8) is 0 Å². The first-order valence-electron chi connectivity index (χ1n) is 7.67. The maximum atomic E-state index is 2.50. The SMILES string of the molecule is CC(C)(C)[N+]1=Cc2ccc([Si](C)(C)c3ccccc3)n2C1. The van der Waals surface area contributed by atoms with Gasteiger partial charge in [0.2, 0.25) is 6.67 Å². The highest BCUT2D eigenvalue weighted by Crippen LogP contribution is 2.17. The van der Waals surface area contributed by atoms with Crippen LogP contribution in [0.2, 0.25) is 13.1 Å². The standard InChI is InChI=1S/C18H25N2Si/c1-18(2,3)19-13-15-11-12-17(20(15)14-19)21(4,5)16-9-7-6-8-10-16/h6-13H,14H2,1-5H3/q+1. The third-order valence-electron chi connectivity index (χ3n) is 4.59. The van der Waals surface area contributed by atoms with Gasteiger partial charge in [0.05, 0.1) is 0 Å². The van der Waals surface area contributed by atoms with Gasteiger partial charge in [0.15, 0.2) is 11.8 Å². The average molecular weight is 297 g/mol. The van der Waals surface area contributed by atoms with Gasteiger partial charge in [0, 0.05) is 5.32 Å². The largest absolute Gasteiger partial charge is 0.288 e. The summed E-state index contributed by atoms with van der Waals surface area (Å²) in [6.07, 6.45) is 2.30. The van der Waals surface area contributed by atoms with Crippen molar-refractivity contribution < 1.29 is 4.58 Å². The van der Waals surface area contributed by atoms with Gasteiger partial charge >= 0.3 is 0 Å². The summed E-state index contributed by atoms with van der Waals surface area (Å²) in [4.78, 5) is 0. The molecule has 1 aliphatic heterocycles. The van der Waals surface area contributed by atoms with Crippen LogP contribution < -0.4 is 10.5 Å². The second-order valence-electron chi connectivity index (χ2n) is 7.47. The van der Waals surface area contributed by atoms with Crippen LogP contribution in [-0.2, 0) is 6.67 Å². The van der Waals surface area contributed by atoms with Crippen molar-refractivity contribution in [2.24, 2.45) is 0 Å². The van der Waals surface area contributed by atoms with Crippen LogP contribution >= 0.6 is 0 Å². The van der Waals surface area contributed by atoms with Crippen LogP contribution in [0.4, 0.5) is 0 Å². The molecule has 2 aromatic rings. The minimum atomic E-state index is -1.63. The van der Waals surface area contributed by atoms with Gasteiger partial charge in [-0.2, -0.15) is 0 Å². The summed E-state index contributed by atoms with van der Waals surface area (Å²) >= 11 is 0. The molecule has 0 saturated carbocycles. The lowest BCUT2D eigenvalue weighted by molar-refractivity contribution is -0.614. The zero-order valence-electron chi connectivity index (χ0n) is 13.7. The van der Waals surface area contributed by atoms with Gasteiger partial charge in [-0.3, -0.25) is 4.57 Å². The van der Waals surface area contributed by atoms with Crippen LogP contribution in [0.25, 0.3) is 0 Å². The Bertz CT molecular complexity index is 688. The van der Waals surface area contributed by atoms with Crippen molar-refractivity contribution in [1.82, 2.24) is 4.57 Å². The lowest BCUT2D eigenvalue weighted by Gasteiger charge is -2.24. The molecule has 3 heteroatoms. The maximum absolute atomic E-state index is 2.50. The molecule has 0 aliphatic carbocycles. The molecule has 0 atom stereocenters. The topological polar surface area (TPSA) is 7.94 Å². The molecule has 0 unspecified atom stereocenters. The Morgan fingerprint density at radius 1 is 1.00 bits per heavy atom. The molecular weight excluding hydrogens is 272 g/mol. The van der Waals surface area contributed by atoms with Crippen LogP contribution in [-0.4, -0.2) is 29.0 Å². The van der Waals surface area contributed by atoms with E-state index in [-0.39, 0.29) is 5.54 Å². The molecule has 1 aromatic carbocycles. The van der Waals surface area contributed by atoms with Crippen molar-refractivity contribution in [3.8, 4) is 0 Å². The molecule has 1 aliphatic rings. The number of nitrogens with zero attached hydrogens (tertiary/aromatic N) is 2. The molecule has 0 saturated heterocycles. The zero-order chi connectivity index (χ0) is 15.3. The zero-order valence-corrected chi connectivity index (χ0v) is 14.7. The molecule has 1 aromatic heterocycles. The Labute approximate surface area is 128 Å². The van der Waals surface area contributed by atoms with E-state index in [1.165, 1.54) is 16.2 Å². The lowest BCUT2D eigenvalue weighted by atomic mass is 10.1. The quantitative estimate of drug-likeness (QED) is 0.594. The second-order valence-corrected chi connectivity index (χ2v) is 11.8. The summed E-state index contributed by atoms with van der Waals surface area (Å²) in [5.41, 5.74) is 1.52. The van der Waals surface area contributed by atoms with Crippen molar-refractivity contribution in [2.45, 2.75) is 46.1 Å². The lowest BCUT2D eigenvalue weighted by Crippen LogP contribution is -2.56. The molecule has 21 heavy (non-hydrogen) atoms. The Kier molecular flexibility index (Phi) is 3.21. The normalized spacial score (nSPS) is 15.0. The fourth-order valence-corrected chi connectivity index (χ4v) is 5.76. The molecule has 2 heterocycles. The third kappa shape index (κ3) is 2.40. The van der Waals surface area contributed by atoms with Crippen LogP contribution in [0, 0.1) is 0 Å². The molecule has 0 radical (unpaired) electrons. The number of fused-ring (bicyclic) bond motifs is 1. The molecular formula is C18H25N2Si+. The first kappa shape index (κ1) is 14.3. The van der Waals surface area contributed by atoms with Crippen LogP contribution in [0.5, 0.6) is 0 Å². The summed E-state index contributed by atoms with van der Waals surface area (Å²) in [7, 11) is -1.63. The summed E-state index contributed by atoms with van der Waals surface area (Å²) < 4.78 is 4.94. The van der Waals surface area contributed by atoms with E-state index >= 15 is 0 Å². The number of hydrogen-bond donors (Lipinski definition) is 0. The second kappa shape index (κ2) is 4.70. The van der Waals surface area contributed by atoms with E-state index in [4.69, 9.17) is 0 Å². The molecule has 0 bridgehead atoms. The minimum Gasteiger partial charge on any atom is -0.288 e. The molecule has 0 spiro atoms. The molecule has 0 N–H and O–H groups in total. The minimum absolute atomic E-state index is 0.175. The molecule has 110 valence electrons. The van der Waals surface area contributed by atoms with Gasteiger partial charge in [-0.25, -0.2) is 4.58 Å². The maximum Gasteiger partial charge on any atom is 0.222 e. The van der Waals surface area contributed by atoms with Gasteiger partial charge < -0.3 is 0 Å². The third-order valence-corrected chi connectivity index (χ3v) is 8.09. The van der Waals surface area contributed by atoms with Crippen LogP contribution in [0.3, 0.4) is 0 Å². The van der Waals surface area contributed by atoms with Crippen molar-refractivity contribution in [1.29, 1.82) is 0 Å². The van der Waals surface area contributed by atoms with E-state index in [2.05, 4.69) is 91.7 Å². The van der Waals surface area contributed by atoms with Gasteiger partial charge in [0.1, 0.15) is 13.8 Å². The van der Waals surface area contributed by atoms with Gasteiger partial charge in [-0.1, -0.05) is 48.6 Å². The molecule has 3 rings (SSSR count). The van der Waals surface area contributed by atoms with E-state index in [9.17, 15) is 0 Å². The van der Waals surface area contributed by atoms with Gasteiger partial charge in [0.25, 0.3) is 0 Å². The predicted molar refractivity (Wildman–Crippen MR) is 92.8 cm³/mol. The summed E-state index contributed by atoms with van der Waals surface area (Å²) in [5.74, 6) is 0. The molecule has 0 fully saturated rings. The first-order valence-corrected chi connectivity index (χ1v) is 10.7. The predicted octanol–water partition coefficient (Wildman–Crippen LogP) is 2.51. The van der Waals surface area contributed by atoms with Gasteiger partial charge in [-0.15, -0.1) is 0 Å². The first-order chi connectivity index (χ1) is 9.80. The van der Waals surface area contributed by atoms with E-state index < -0.39 is 8.07 Å². The smallest absolute Gasteiger partial charge is 0.222 e. The average Bonchev–Trinajstić information content (AvgIpc) is 2.98. The van der Waals surface area contributed by atoms with E-state index in [1.807, 2.05) is 0 Å². The van der Waals surface area contributed by atoms with Crippen molar-refractivity contribution >= 4 is 24.8 Å². The summed E-state index contributed by atoms with van der Waals surface area (Å²) in [5, 5.41) is 3.02. The summed E-state index contributed by atoms with van der Waals surface area (Å²) in [6, 6.07) is 15.6. The highest BCUT2D eigenvalue weighted by molar-refractivity contribution is 7.00. The Balaban J connectivity index is 2.00. The highest BCUT2D eigenvalue weighted by atomic mass is 28.3. The number of hydrogen-bond acceptors (Lipinski definition) is 0. The summed E-state index contributed by atoms with van der Waals surface area (Å²) in [6.45, 7) is 12.7. The highest BCUT2D eigenvalue weighted by Gasteiger charge is 2.36. The Morgan fingerprint density at radius 2 is 1.67 bits per heavy atom. The fourth-order valence-electron chi connectivity index (χ4n) is 3.06. The monoisotopic (exact) mass is 297 g/mol. The molecule has 0 amide bonds. The van der Waals surface area contributed by atoms with Gasteiger partial charge in [-0.05, 0) is 32.9 Å². The van der Waals surface area contributed by atoms with Crippen molar-refractivity contribution in [2.75, 3.05) is 0 Å². The van der Waals surface area contributed by atoms with Crippen molar-refractivity contribution in [3.05, 3.63) is 48.2 Å². The van der Waals surface area contributed by atoms with E-state index in [1.54, 1.807) is 0 Å². The Hall–Kier alpha value is -1.61. The number of aromatic nitrogens is 1. The number of rotatable bonds is 2. The van der Waals surface area contributed by atoms with Crippen LogP contribution in [0.1, 0.15) is 26.5 Å². The van der Waals surface area contributed by atoms with Crippen LogP contribution in [0.15, 0.2) is 42.5 Å². The van der Waals surface area contributed by atoms with E-state index in [0.717, 1.165) is 6.67 Å². The fraction of sp³-hybridized carbons (Fsp3) is 0.389. The Morgan fingerprint density at radius 3 is 2.29 bits per heavy atom. The van der Waals surface area contributed by atoms with E-state index in [0.29, 0.717) is 0 Å².